The standard InChI is InChI=1S/C21H18O3/c22-21-18(13-14-23-21)20-17(16-10-4-5-12-19(16)24-20)11-6-9-15-7-2-1-3-8-15/h1-10,12,18H,11,13-14H2/b9-6+. The Morgan fingerprint density at radius 3 is 2.62 bits per heavy atom. The lowest BCUT2D eigenvalue weighted by atomic mass is 9.97. The van der Waals surface area contributed by atoms with Gasteiger partial charge in [-0.05, 0) is 18.1 Å². The molecule has 3 aromatic rings. The largest absolute Gasteiger partial charge is 0.465 e. The number of benzene rings is 2. The van der Waals surface area contributed by atoms with Crippen molar-refractivity contribution in [2.45, 2.75) is 18.8 Å². The van der Waals surface area contributed by atoms with Gasteiger partial charge in [-0.25, -0.2) is 0 Å². The van der Waals surface area contributed by atoms with Crippen molar-refractivity contribution in [2.75, 3.05) is 6.61 Å². The lowest BCUT2D eigenvalue weighted by molar-refractivity contribution is -0.139. The molecular weight excluding hydrogens is 300 g/mol. The van der Waals surface area contributed by atoms with Crippen LogP contribution in [0.4, 0.5) is 0 Å². The van der Waals surface area contributed by atoms with E-state index in [1.54, 1.807) is 0 Å². The second-order valence-corrected chi connectivity index (χ2v) is 5.97. The van der Waals surface area contributed by atoms with Crippen molar-refractivity contribution >= 4 is 23.0 Å². The van der Waals surface area contributed by atoms with Crippen LogP contribution in [0.3, 0.4) is 0 Å². The van der Waals surface area contributed by atoms with Gasteiger partial charge in [0, 0.05) is 17.4 Å². The molecule has 0 spiro atoms. The molecule has 1 atom stereocenters. The highest BCUT2D eigenvalue weighted by molar-refractivity contribution is 5.87. The molecule has 1 unspecified atom stereocenters. The molecule has 1 aliphatic rings. The van der Waals surface area contributed by atoms with Crippen LogP contribution in [0.15, 0.2) is 65.1 Å². The summed E-state index contributed by atoms with van der Waals surface area (Å²) in [7, 11) is 0. The van der Waals surface area contributed by atoms with Gasteiger partial charge in [-0.15, -0.1) is 0 Å². The molecule has 0 N–H and O–H groups in total. The number of para-hydroxylation sites is 1. The number of allylic oxidation sites excluding steroid dienone is 1. The molecule has 1 aromatic heterocycles. The van der Waals surface area contributed by atoms with E-state index in [0.717, 1.165) is 34.3 Å². The SMILES string of the molecule is O=C1OCCC1c1oc2ccccc2c1C/C=C/c1ccccc1. The van der Waals surface area contributed by atoms with Gasteiger partial charge in [0.1, 0.15) is 17.3 Å². The number of cyclic esters (lactones) is 1. The minimum Gasteiger partial charge on any atom is -0.465 e. The van der Waals surface area contributed by atoms with Crippen molar-refractivity contribution < 1.29 is 13.9 Å². The van der Waals surface area contributed by atoms with Gasteiger partial charge in [0.05, 0.1) is 6.61 Å². The first kappa shape index (κ1) is 14.8. The average molecular weight is 318 g/mol. The van der Waals surface area contributed by atoms with Crippen LogP contribution in [0.2, 0.25) is 0 Å². The molecule has 1 fully saturated rings. The van der Waals surface area contributed by atoms with E-state index in [-0.39, 0.29) is 11.9 Å². The average Bonchev–Trinajstić information content (AvgIpc) is 3.19. The van der Waals surface area contributed by atoms with Gasteiger partial charge >= 0.3 is 5.97 Å². The Labute approximate surface area is 140 Å². The van der Waals surface area contributed by atoms with Gasteiger partial charge in [0.2, 0.25) is 0 Å². The molecular formula is C21H18O3. The summed E-state index contributed by atoms with van der Waals surface area (Å²) in [6.45, 7) is 0.472. The zero-order valence-corrected chi connectivity index (χ0v) is 13.3. The van der Waals surface area contributed by atoms with Crippen LogP contribution in [-0.2, 0) is 16.0 Å². The second kappa shape index (κ2) is 6.36. The zero-order chi connectivity index (χ0) is 16.4. The van der Waals surface area contributed by atoms with E-state index < -0.39 is 0 Å². The maximum Gasteiger partial charge on any atom is 0.316 e. The summed E-state index contributed by atoms with van der Waals surface area (Å²) >= 11 is 0. The predicted octanol–water partition coefficient (Wildman–Crippen LogP) is 4.72. The van der Waals surface area contributed by atoms with E-state index in [4.69, 9.17) is 9.15 Å². The third-order valence-electron chi connectivity index (χ3n) is 4.41. The van der Waals surface area contributed by atoms with E-state index in [2.05, 4.69) is 24.3 Å². The Hall–Kier alpha value is -2.81. The maximum atomic E-state index is 12.0. The Kier molecular flexibility index (Phi) is 3.91. The van der Waals surface area contributed by atoms with Gasteiger partial charge in [0.15, 0.2) is 0 Å². The van der Waals surface area contributed by atoms with E-state index in [1.807, 2.05) is 42.5 Å². The quantitative estimate of drug-likeness (QED) is 0.653. The van der Waals surface area contributed by atoms with Crippen molar-refractivity contribution in [2.24, 2.45) is 0 Å². The number of rotatable bonds is 4. The molecule has 0 radical (unpaired) electrons. The summed E-state index contributed by atoms with van der Waals surface area (Å²) in [5.74, 6) is 0.302. The van der Waals surface area contributed by atoms with Crippen molar-refractivity contribution in [3.05, 3.63) is 77.6 Å². The molecule has 24 heavy (non-hydrogen) atoms. The smallest absolute Gasteiger partial charge is 0.316 e. The monoisotopic (exact) mass is 318 g/mol. The summed E-state index contributed by atoms with van der Waals surface area (Å²) in [4.78, 5) is 12.0. The van der Waals surface area contributed by atoms with Gasteiger partial charge in [-0.2, -0.15) is 0 Å². The van der Waals surface area contributed by atoms with E-state index >= 15 is 0 Å². The van der Waals surface area contributed by atoms with Crippen LogP contribution in [0.25, 0.3) is 17.0 Å². The van der Waals surface area contributed by atoms with Crippen LogP contribution in [-0.4, -0.2) is 12.6 Å². The fourth-order valence-electron chi connectivity index (χ4n) is 3.22. The lowest BCUT2D eigenvalue weighted by Gasteiger charge is -2.04. The number of furan rings is 1. The van der Waals surface area contributed by atoms with Crippen LogP contribution >= 0.6 is 0 Å². The molecule has 0 amide bonds. The minimum atomic E-state index is -0.280. The van der Waals surface area contributed by atoms with E-state index in [9.17, 15) is 4.79 Å². The number of carbonyl (C=O) groups excluding carboxylic acids is 1. The van der Waals surface area contributed by atoms with Gasteiger partial charge in [-0.1, -0.05) is 60.7 Å². The summed E-state index contributed by atoms with van der Waals surface area (Å²) in [5, 5.41) is 1.07. The first-order valence-corrected chi connectivity index (χ1v) is 8.21. The Balaban J connectivity index is 1.70. The molecule has 0 saturated carbocycles. The number of carbonyl (C=O) groups is 1. The number of fused-ring (bicyclic) bond motifs is 1. The molecule has 1 saturated heterocycles. The third-order valence-corrected chi connectivity index (χ3v) is 4.41. The highest BCUT2D eigenvalue weighted by Crippen LogP contribution is 2.36. The van der Waals surface area contributed by atoms with E-state index in [0.29, 0.717) is 13.0 Å². The Bertz CT molecular complexity index is 890. The molecule has 2 aromatic carbocycles. The molecule has 120 valence electrons. The second-order valence-electron chi connectivity index (χ2n) is 5.97. The van der Waals surface area contributed by atoms with E-state index in [1.165, 1.54) is 0 Å². The lowest BCUT2D eigenvalue weighted by Crippen LogP contribution is -2.06. The maximum absolute atomic E-state index is 12.0. The van der Waals surface area contributed by atoms with Crippen LogP contribution in [0.1, 0.15) is 29.2 Å². The van der Waals surface area contributed by atoms with Crippen molar-refractivity contribution in [1.29, 1.82) is 0 Å². The molecule has 3 heteroatoms. The summed E-state index contributed by atoms with van der Waals surface area (Å²) in [6.07, 6.45) is 5.63. The number of ether oxygens (including phenoxy) is 1. The van der Waals surface area contributed by atoms with Crippen molar-refractivity contribution in [3.63, 3.8) is 0 Å². The minimum absolute atomic E-state index is 0.178. The van der Waals surface area contributed by atoms with Crippen LogP contribution in [0, 0.1) is 0 Å². The Morgan fingerprint density at radius 2 is 1.83 bits per heavy atom. The first-order chi connectivity index (χ1) is 11.8. The first-order valence-electron chi connectivity index (χ1n) is 8.21. The van der Waals surface area contributed by atoms with Crippen molar-refractivity contribution in [3.8, 4) is 0 Å². The molecule has 0 aliphatic carbocycles. The molecule has 2 heterocycles. The highest BCUT2D eigenvalue weighted by atomic mass is 16.5. The Morgan fingerprint density at radius 1 is 1.04 bits per heavy atom. The summed E-state index contributed by atoms with van der Waals surface area (Å²) in [6, 6.07) is 18.1. The number of hydrogen-bond acceptors (Lipinski definition) is 3. The fraction of sp³-hybridized carbons (Fsp3) is 0.190. The molecule has 3 nitrogen and oxygen atoms in total. The molecule has 1 aliphatic heterocycles. The number of hydrogen-bond donors (Lipinski definition) is 0. The fourth-order valence-corrected chi connectivity index (χ4v) is 3.22. The summed E-state index contributed by atoms with van der Waals surface area (Å²) in [5.41, 5.74) is 3.07. The van der Waals surface area contributed by atoms with Gasteiger partial charge in [-0.3, -0.25) is 4.79 Å². The van der Waals surface area contributed by atoms with Crippen molar-refractivity contribution in [1.82, 2.24) is 0 Å². The summed E-state index contributed by atoms with van der Waals surface area (Å²) < 4.78 is 11.1. The molecule has 4 rings (SSSR count). The predicted molar refractivity (Wildman–Crippen MR) is 93.7 cm³/mol. The topological polar surface area (TPSA) is 39.4 Å². The van der Waals surface area contributed by atoms with Gasteiger partial charge in [0.25, 0.3) is 0 Å². The zero-order valence-electron chi connectivity index (χ0n) is 13.3. The van der Waals surface area contributed by atoms with Crippen LogP contribution in [0.5, 0.6) is 0 Å². The van der Waals surface area contributed by atoms with Crippen LogP contribution < -0.4 is 0 Å². The third kappa shape index (κ3) is 2.73. The van der Waals surface area contributed by atoms with Gasteiger partial charge < -0.3 is 9.15 Å². The normalized spacial score (nSPS) is 17.7. The molecule has 0 bridgehead atoms. The highest BCUT2D eigenvalue weighted by Gasteiger charge is 2.33. The number of esters is 1.